The Kier molecular flexibility index (Phi) is 4.59. The van der Waals surface area contributed by atoms with Crippen LogP contribution in [0.25, 0.3) is 0 Å². The summed E-state index contributed by atoms with van der Waals surface area (Å²) in [5, 5.41) is 12.4. The molecular formula is C14H17NO2. The molecule has 0 heterocycles. The van der Waals surface area contributed by atoms with Gasteiger partial charge in [0.1, 0.15) is 5.75 Å². The van der Waals surface area contributed by atoms with Crippen molar-refractivity contribution in [2.75, 3.05) is 0 Å². The van der Waals surface area contributed by atoms with Crippen molar-refractivity contribution in [3.05, 3.63) is 29.3 Å². The zero-order chi connectivity index (χ0) is 12.8. The van der Waals surface area contributed by atoms with Crippen LogP contribution in [0, 0.1) is 19.3 Å². The van der Waals surface area contributed by atoms with E-state index in [0.717, 1.165) is 12.0 Å². The summed E-state index contributed by atoms with van der Waals surface area (Å²) in [7, 11) is 0. The molecule has 0 aliphatic heterocycles. The molecule has 0 spiro atoms. The molecule has 1 amide bonds. The summed E-state index contributed by atoms with van der Waals surface area (Å²) in [4.78, 5) is 11.9. The van der Waals surface area contributed by atoms with Crippen molar-refractivity contribution in [2.45, 2.75) is 32.7 Å². The van der Waals surface area contributed by atoms with E-state index in [-0.39, 0.29) is 17.7 Å². The van der Waals surface area contributed by atoms with Crippen LogP contribution in [0.2, 0.25) is 0 Å². The highest BCUT2D eigenvalue weighted by molar-refractivity contribution is 5.94. The highest BCUT2D eigenvalue weighted by Gasteiger charge is 2.12. The Labute approximate surface area is 102 Å². The largest absolute Gasteiger partial charge is 0.508 e. The van der Waals surface area contributed by atoms with Crippen LogP contribution in [-0.2, 0) is 0 Å². The first kappa shape index (κ1) is 13.1. The van der Waals surface area contributed by atoms with Crippen molar-refractivity contribution in [3.63, 3.8) is 0 Å². The van der Waals surface area contributed by atoms with Crippen molar-refractivity contribution in [1.82, 2.24) is 5.32 Å². The van der Waals surface area contributed by atoms with E-state index in [1.807, 2.05) is 6.92 Å². The molecule has 1 rings (SSSR count). The van der Waals surface area contributed by atoms with Gasteiger partial charge in [-0.05, 0) is 31.0 Å². The maximum absolute atomic E-state index is 11.9. The Bertz CT molecular complexity index is 446. The molecule has 3 nitrogen and oxygen atoms in total. The maximum atomic E-state index is 11.9. The van der Waals surface area contributed by atoms with Gasteiger partial charge in [0.25, 0.3) is 5.91 Å². The number of carbonyl (C=O) groups excluding carboxylic acids is 1. The minimum absolute atomic E-state index is 0.0176. The zero-order valence-electron chi connectivity index (χ0n) is 10.2. The van der Waals surface area contributed by atoms with Gasteiger partial charge in [0.2, 0.25) is 0 Å². The lowest BCUT2D eigenvalue weighted by molar-refractivity contribution is 0.0936. The van der Waals surface area contributed by atoms with Crippen molar-refractivity contribution < 1.29 is 9.90 Å². The number of phenols is 1. The number of nitrogens with one attached hydrogen (secondary N) is 1. The van der Waals surface area contributed by atoms with E-state index in [0.29, 0.717) is 12.0 Å². The minimum Gasteiger partial charge on any atom is -0.508 e. The highest BCUT2D eigenvalue weighted by atomic mass is 16.3. The number of aromatic hydroxyl groups is 1. The third-order valence-electron chi connectivity index (χ3n) is 2.66. The first-order valence-corrected chi connectivity index (χ1v) is 5.62. The topological polar surface area (TPSA) is 49.3 Å². The van der Waals surface area contributed by atoms with E-state index in [2.05, 4.69) is 11.2 Å². The summed E-state index contributed by atoms with van der Waals surface area (Å²) in [6, 6.07) is 4.85. The van der Waals surface area contributed by atoms with E-state index in [9.17, 15) is 9.90 Å². The first-order chi connectivity index (χ1) is 8.08. The fourth-order valence-corrected chi connectivity index (χ4v) is 1.46. The number of aryl methyl sites for hydroxylation is 1. The molecule has 17 heavy (non-hydrogen) atoms. The standard InChI is InChI=1S/C14H17NO2/c1-4-6-12(5-2)15-14(17)11-8-7-10(3)13(16)9-11/h1,7-9,12,16H,5-6H2,2-3H3,(H,15,17). The van der Waals surface area contributed by atoms with Crippen molar-refractivity contribution >= 4 is 5.91 Å². The van der Waals surface area contributed by atoms with Gasteiger partial charge < -0.3 is 10.4 Å². The summed E-state index contributed by atoms with van der Waals surface area (Å²) in [5.41, 5.74) is 1.20. The third-order valence-corrected chi connectivity index (χ3v) is 2.66. The molecule has 1 aromatic carbocycles. The van der Waals surface area contributed by atoms with Gasteiger partial charge in [-0.3, -0.25) is 4.79 Å². The Balaban J connectivity index is 2.76. The number of phenolic OH excluding ortho intramolecular Hbond substituents is 1. The minimum atomic E-state index is -0.206. The van der Waals surface area contributed by atoms with Gasteiger partial charge in [-0.25, -0.2) is 0 Å². The molecule has 0 fully saturated rings. The normalized spacial score (nSPS) is 11.6. The van der Waals surface area contributed by atoms with E-state index in [1.54, 1.807) is 19.1 Å². The number of hydrogen-bond acceptors (Lipinski definition) is 2. The Morgan fingerprint density at radius 1 is 1.59 bits per heavy atom. The molecular weight excluding hydrogens is 214 g/mol. The predicted molar refractivity (Wildman–Crippen MR) is 67.8 cm³/mol. The molecule has 0 saturated heterocycles. The van der Waals surface area contributed by atoms with Crippen LogP contribution in [-0.4, -0.2) is 17.1 Å². The van der Waals surface area contributed by atoms with Crippen LogP contribution in [0.3, 0.4) is 0 Å². The second-order valence-corrected chi connectivity index (χ2v) is 3.99. The second kappa shape index (κ2) is 5.95. The van der Waals surface area contributed by atoms with Crippen molar-refractivity contribution in [2.24, 2.45) is 0 Å². The van der Waals surface area contributed by atoms with Crippen LogP contribution in [0.1, 0.15) is 35.7 Å². The summed E-state index contributed by atoms with van der Waals surface area (Å²) in [5.74, 6) is 2.45. The SMILES string of the molecule is C#CCC(CC)NC(=O)c1ccc(C)c(O)c1. The number of rotatable bonds is 4. The monoisotopic (exact) mass is 231 g/mol. The Morgan fingerprint density at radius 3 is 2.82 bits per heavy atom. The van der Waals surface area contributed by atoms with Gasteiger partial charge in [0, 0.05) is 18.0 Å². The summed E-state index contributed by atoms with van der Waals surface area (Å²) in [6.45, 7) is 3.75. The molecule has 0 bridgehead atoms. The van der Waals surface area contributed by atoms with Crippen LogP contribution in [0.4, 0.5) is 0 Å². The molecule has 0 aliphatic carbocycles. The van der Waals surface area contributed by atoms with Gasteiger partial charge in [-0.15, -0.1) is 12.3 Å². The highest BCUT2D eigenvalue weighted by Crippen LogP contribution is 2.17. The quantitative estimate of drug-likeness (QED) is 0.781. The summed E-state index contributed by atoms with van der Waals surface area (Å²) < 4.78 is 0. The fourth-order valence-electron chi connectivity index (χ4n) is 1.46. The second-order valence-electron chi connectivity index (χ2n) is 3.99. The van der Waals surface area contributed by atoms with Gasteiger partial charge in [-0.1, -0.05) is 13.0 Å². The van der Waals surface area contributed by atoms with E-state index in [4.69, 9.17) is 6.42 Å². The molecule has 90 valence electrons. The lowest BCUT2D eigenvalue weighted by Gasteiger charge is -2.14. The van der Waals surface area contributed by atoms with E-state index in [1.165, 1.54) is 6.07 Å². The van der Waals surface area contributed by atoms with Gasteiger partial charge in [0.05, 0.1) is 0 Å². The molecule has 0 aliphatic rings. The molecule has 1 aromatic rings. The average Bonchev–Trinajstić information content (AvgIpc) is 2.31. The molecule has 0 aromatic heterocycles. The Morgan fingerprint density at radius 2 is 2.29 bits per heavy atom. The van der Waals surface area contributed by atoms with Gasteiger partial charge in [0.15, 0.2) is 0 Å². The molecule has 2 N–H and O–H groups in total. The van der Waals surface area contributed by atoms with E-state index >= 15 is 0 Å². The smallest absolute Gasteiger partial charge is 0.251 e. The molecule has 1 atom stereocenters. The maximum Gasteiger partial charge on any atom is 0.251 e. The number of amides is 1. The number of carbonyl (C=O) groups is 1. The fraction of sp³-hybridized carbons (Fsp3) is 0.357. The third kappa shape index (κ3) is 3.53. The van der Waals surface area contributed by atoms with Crippen LogP contribution in [0.15, 0.2) is 18.2 Å². The van der Waals surface area contributed by atoms with E-state index < -0.39 is 0 Å². The first-order valence-electron chi connectivity index (χ1n) is 5.62. The summed E-state index contributed by atoms with van der Waals surface area (Å²) in [6.07, 6.45) is 6.52. The van der Waals surface area contributed by atoms with Crippen LogP contribution in [0.5, 0.6) is 5.75 Å². The number of hydrogen-bond donors (Lipinski definition) is 2. The molecule has 3 heteroatoms. The summed E-state index contributed by atoms with van der Waals surface area (Å²) >= 11 is 0. The predicted octanol–water partition coefficient (Wildman–Crippen LogP) is 2.23. The lowest BCUT2D eigenvalue weighted by Crippen LogP contribution is -2.34. The average molecular weight is 231 g/mol. The molecule has 1 unspecified atom stereocenters. The lowest BCUT2D eigenvalue weighted by atomic mass is 10.1. The van der Waals surface area contributed by atoms with Crippen LogP contribution >= 0.6 is 0 Å². The molecule has 0 radical (unpaired) electrons. The van der Waals surface area contributed by atoms with Gasteiger partial charge >= 0.3 is 0 Å². The van der Waals surface area contributed by atoms with Crippen molar-refractivity contribution in [3.8, 4) is 18.1 Å². The van der Waals surface area contributed by atoms with Crippen molar-refractivity contribution in [1.29, 1.82) is 0 Å². The van der Waals surface area contributed by atoms with Gasteiger partial charge in [-0.2, -0.15) is 0 Å². The molecule has 0 saturated carbocycles. The Hall–Kier alpha value is -1.95. The van der Waals surface area contributed by atoms with Crippen LogP contribution < -0.4 is 5.32 Å². The zero-order valence-corrected chi connectivity index (χ0v) is 10.2. The number of terminal acetylenes is 1. The number of benzene rings is 1.